The van der Waals surface area contributed by atoms with Gasteiger partial charge in [-0.1, -0.05) is 18.2 Å². The molecule has 134 valence electrons. The van der Waals surface area contributed by atoms with Crippen LogP contribution in [0.5, 0.6) is 11.5 Å². The SMILES string of the molecule is O=C(Cc1c[nH]nc1-c1nc2ccccc2[nH]1)c1cccc2c1OCCO2. The summed E-state index contributed by atoms with van der Waals surface area (Å²) in [5.41, 5.74) is 3.71. The van der Waals surface area contributed by atoms with Gasteiger partial charge in [-0.25, -0.2) is 4.98 Å². The maximum Gasteiger partial charge on any atom is 0.172 e. The van der Waals surface area contributed by atoms with Crippen LogP contribution in [-0.4, -0.2) is 39.2 Å². The molecule has 0 radical (unpaired) electrons. The van der Waals surface area contributed by atoms with Crippen molar-refractivity contribution < 1.29 is 14.3 Å². The summed E-state index contributed by atoms with van der Waals surface area (Å²) < 4.78 is 11.2. The van der Waals surface area contributed by atoms with Crippen LogP contribution in [0.25, 0.3) is 22.6 Å². The number of rotatable bonds is 4. The summed E-state index contributed by atoms with van der Waals surface area (Å²) in [5, 5.41) is 7.13. The first-order valence-electron chi connectivity index (χ1n) is 8.69. The Morgan fingerprint density at radius 1 is 1.07 bits per heavy atom. The summed E-state index contributed by atoms with van der Waals surface area (Å²) >= 11 is 0. The first kappa shape index (κ1) is 15.6. The van der Waals surface area contributed by atoms with E-state index in [0.717, 1.165) is 16.6 Å². The largest absolute Gasteiger partial charge is 0.486 e. The molecule has 2 aromatic heterocycles. The van der Waals surface area contributed by atoms with Crippen LogP contribution in [-0.2, 0) is 6.42 Å². The second-order valence-corrected chi connectivity index (χ2v) is 6.29. The second kappa shape index (κ2) is 6.28. The zero-order valence-electron chi connectivity index (χ0n) is 14.4. The zero-order chi connectivity index (χ0) is 18.2. The van der Waals surface area contributed by atoms with Crippen LogP contribution in [0, 0.1) is 0 Å². The average molecular weight is 360 g/mol. The third-order valence-corrected chi connectivity index (χ3v) is 4.55. The predicted molar refractivity (Wildman–Crippen MR) is 99.1 cm³/mol. The van der Waals surface area contributed by atoms with Crippen LogP contribution in [0.15, 0.2) is 48.7 Å². The van der Waals surface area contributed by atoms with Gasteiger partial charge in [0.2, 0.25) is 0 Å². The van der Waals surface area contributed by atoms with Crippen molar-refractivity contribution in [2.24, 2.45) is 0 Å². The lowest BCUT2D eigenvalue weighted by molar-refractivity contribution is 0.0982. The van der Waals surface area contributed by atoms with Gasteiger partial charge in [-0.05, 0) is 24.3 Å². The fourth-order valence-corrected chi connectivity index (χ4v) is 3.28. The number of ketones is 1. The van der Waals surface area contributed by atoms with Gasteiger partial charge in [-0.15, -0.1) is 0 Å². The number of aromatic nitrogens is 4. The fraction of sp³-hybridized carbons (Fsp3) is 0.150. The second-order valence-electron chi connectivity index (χ2n) is 6.29. The smallest absolute Gasteiger partial charge is 0.172 e. The summed E-state index contributed by atoms with van der Waals surface area (Å²) in [6.45, 7) is 0.926. The van der Waals surface area contributed by atoms with Gasteiger partial charge in [-0.2, -0.15) is 5.10 Å². The number of benzene rings is 2. The van der Waals surface area contributed by atoms with Crippen LogP contribution in [0.1, 0.15) is 15.9 Å². The van der Waals surface area contributed by atoms with Gasteiger partial charge in [-0.3, -0.25) is 9.89 Å². The lowest BCUT2D eigenvalue weighted by Gasteiger charge is -2.20. The number of carbonyl (C=O) groups is 1. The summed E-state index contributed by atoms with van der Waals surface area (Å²) in [4.78, 5) is 20.8. The van der Waals surface area contributed by atoms with Crippen molar-refractivity contribution in [3.05, 3.63) is 59.8 Å². The predicted octanol–water partition coefficient (Wildman–Crippen LogP) is 3.15. The van der Waals surface area contributed by atoms with E-state index in [4.69, 9.17) is 9.47 Å². The average Bonchev–Trinajstić information content (AvgIpc) is 3.33. The van der Waals surface area contributed by atoms with E-state index in [-0.39, 0.29) is 12.2 Å². The molecule has 0 fully saturated rings. The molecule has 0 atom stereocenters. The molecule has 0 saturated carbocycles. The molecule has 0 aliphatic carbocycles. The molecule has 0 unspecified atom stereocenters. The molecule has 1 aliphatic heterocycles. The molecule has 7 nitrogen and oxygen atoms in total. The van der Waals surface area contributed by atoms with Crippen molar-refractivity contribution in [2.45, 2.75) is 6.42 Å². The number of ether oxygens (including phenoxy) is 2. The lowest BCUT2D eigenvalue weighted by atomic mass is 10.0. The highest BCUT2D eigenvalue weighted by atomic mass is 16.6. The van der Waals surface area contributed by atoms with Gasteiger partial charge in [0.05, 0.1) is 16.6 Å². The van der Waals surface area contributed by atoms with E-state index in [2.05, 4.69) is 20.2 Å². The first-order valence-corrected chi connectivity index (χ1v) is 8.69. The number of aromatic amines is 2. The first-order chi connectivity index (χ1) is 13.3. The Labute approximate surface area is 154 Å². The van der Waals surface area contributed by atoms with E-state index in [9.17, 15) is 4.79 Å². The highest BCUT2D eigenvalue weighted by Gasteiger charge is 2.22. The van der Waals surface area contributed by atoms with Crippen molar-refractivity contribution in [3.8, 4) is 23.0 Å². The van der Waals surface area contributed by atoms with E-state index in [1.165, 1.54) is 0 Å². The van der Waals surface area contributed by atoms with Crippen molar-refractivity contribution in [3.63, 3.8) is 0 Å². The molecule has 0 saturated heterocycles. The Hall–Kier alpha value is -3.61. The van der Waals surface area contributed by atoms with Crippen LogP contribution >= 0.6 is 0 Å². The molecule has 2 N–H and O–H groups in total. The van der Waals surface area contributed by atoms with Crippen molar-refractivity contribution in [2.75, 3.05) is 13.2 Å². The third kappa shape index (κ3) is 2.73. The minimum atomic E-state index is -0.0592. The van der Waals surface area contributed by atoms with Crippen molar-refractivity contribution in [1.29, 1.82) is 0 Å². The molecule has 0 amide bonds. The van der Waals surface area contributed by atoms with Crippen LogP contribution in [0.2, 0.25) is 0 Å². The number of H-pyrrole nitrogens is 2. The Morgan fingerprint density at radius 3 is 2.89 bits per heavy atom. The van der Waals surface area contributed by atoms with Gasteiger partial charge in [0.15, 0.2) is 23.1 Å². The molecule has 7 heteroatoms. The number of hydrogen-bond donors (Lipinski definition) is 2. The number of para-hydroxylation sites is 3. The quantitative estimate of drug-likeness (QED) is 0.545. The highest BCUT2D eigenvalue weighted by molar-refractivity contribution is 6.01. The fourth-order valence-electron chi connectivity index (χ4n) is 3.28. The minimum Gasteiger partial charge on any atom is -0.486 e. The normalized spacial score (nSPS) is 13.0. The standard InChI is InChI=1S/C20H16N4O3/c25-16(13-4-3-7-17-19(13)27-9-8-26-17)10-12-11-21-24-18(12)20-22-14-5-1-2-6-15(14)23-20/h1-7,11H,8-10H2,(H,21,24)(H,22,23). The van der Waals surface area contributed by atoms with E-state index >= 15 is 0 Å². The third-order valence-electron chi connectivity index (χ3n) is 4.55. The van der Waals surface area contributed by atoms with E-state index in [1.807, 2.05) is 30.3 Å². The van der Waals surface area contributed by atoms with Gasteiger partial charge >= 0.3 is 0 Å². The van der Waals surface area contributed by atoms with Crippen LogP contribution in [0.4, 0.5) is 0 Å². The molecule has 3 heterocycles. The summed E-state index contributed by atoms with van der Waals surface area (Å²) in [6, 6.07) is 13.1. The number of Topliss-reactive ketones (excluding diaryl/α,β-unsaturated/α-hetero) is 1. The highest BCUT2D eigenvalue weighted by Crippen LogP contribution is 2.34. The number of imidazole rings is 1. The summed E-state index contributed by atoms with van der Waals surface area (Å²) in [6.07, 6.45) is 1.91. The van der Waals surface area contributed by atoms with E-state index in [1.54, 1.807) is 18.3 Å². The van der Waals surface area contributed by atoms with Gasteiger partial charge in [0.1, 0.15) is 18.9 Å². The lowest BCUT2D eigenvalue weighted by Crippen LogP contribution is -2.18. The minimum absolute atomic E-state index is 0.0592. The number of hydrogen-bond acceptors (Lipinski definition) is 5. The Bertz CT molecular complexity index is 1110. The molecule has 1 aliphatic rings. The Kier molecular flexibility index (Phi) is 3.64. The molecular formula is C20H16N4O3. The molecule has 4 aromatic rings. The van der Waals surface area contributed by atoms with Gasteiger partial charge in [0, 0.05) is 18.2 Å². The number of nitrogens with one attached hydrogen (secondary N) is 2. The van der Waals surface area contributed by atoms with Gasteiger partial charge < -0.3 is 14.5 Å². The number of nitrogens with zero attached hydrogens (tertiary/aromatic N) is 2. The van der Waals surface area contributed by atoms with Crippen LogP contribution < -0.4 is 9.47 Å². The summed E-state index contributed by atoms with van der Waals surface area (Å²) in [7, 11) is 0. The Morgan fingerprint density at radius 2 is 1.96 bits per heavy atom. The molecule has 2 aromatic carbocycles. The maximum absolute atomic E-state index is 12.9. The van der Waals surface area contributed by atoms with Crippen molar-refractivity contribution >= 4 is 16.8 Å². The van der Waals surface area contributed by atoms with Crippen LogP contribution in [0.3, 0.4) is 0 Å². The maximum atomic E-state index is 12.9. The number of fused-ring (bicyclic) bond motifs is 2. The van der Waals surface area contributed by atoms with Gasteiger partial charge in [0.25, 0.3) is 0 Å². The molecular weight excluding hydrogens is 344 g/mol. The summed E-state index contributed by atoms with van der Waals surface area (Å²) in [5.74, 6) is 1.70. The monoisotopic (exact) mass is 360 g/mol. The Balaban J connectivity index is 1.47. The van der Waals surface area contributed by atoms with E-state index < -0.39 is 0 Å². The number of carbonyl (C=O) groups excluding carboxylic acids is 1. The molecule has 0 spiro atoms. The molecule has 0 bridgehead atoms. The van der Waals surface area contributed by atoms with Crippen molar-refractivity contribution in [1.82, 2.24) is 20.2 Å². The zero-order valence-corrected chi connectivity index (χ0v) is 14.4. The molecule has 5 rings (SSSR count). The topological polar surface area (TPSA) is 92.9 Å². The molecule has 27 heavy (non-hydrogen) atoms. The van der Waals surface area contributed by atoms with E-state index in [0.29, 0.717) is 41.8 Å².